The van der Waals surface area contributed by atoms with E-state index in [4.69, 9.17) is 9.47 Å². The summed E-state index contributed by atoms with van der Waals surface area (Å²) in [5, 5.41) is 3.38. The molecule has 0 atom stereocenters. The molecule has 0 unspecified atom stereocenters. The molecule has 1 heterocycles. The Labute approximate surface area is 135 Å². The van der Waals surface area contributed by atoms with Gasteiger partial charge in [0, 0.05) is 13.6 Å². The van der Waals surface area contributed by atoms with Crippen molar-refractivity contribution in [3.8, 4) is 11.5 Å². The summed E-state index contributed by atoms with van der Waals surface area (Å²) in [6.45, 7) is 3.24. The van der Waals surface area contributed by atoms with Crippen molar-refractivity contribution in [3.63, 3.8) is 0 Å². The zero-order valence-electron chi connectivity index (χ0n) is 13.7. The van der Waals surface area contributed by atoms with Crippen molar-refractivity contribution in [2.24, 2.45) is 7.05 Å². The van der Waals surface area contributed by atoms with Gasteiger partial charge in [0.05, 0.1) is 24.8 Å². The minimum Gasteiger partial charge on any atom is -0.493 e. The van der Waals surface area contributed by atoms with Gasteiger partial charge in [-0.05, 0) is 36.8 Å². The number of hydrogen-bond acceptors (Lipinski definition) is 4. The van der Waals surface area contributed by atoms with Crippen molar-refractivity contribution in [2.75, 3.05) is 19.0 Å². The Hall–Kier alpha value is -2.69. The molecule has 0 radical (unpaired) electrons. The number of aromatic nitrogens is 2. The van der Waals surface area contributed by atoms with Gasteiger partial charge in [0.2, 0.25) is 5.95 Å². The van der Waals surface area contributed by atoms with E-state index in [1.54, 1.807) is 7.11 Å². The fourth-order valence-electron chi connectivity index (χ4n) is 2.58. The molecule has 0 amide bonds. The van der Waals surface area contributed by atoms with Crippen LogP contribution in [0.25, 0.3) is 11.0 Å². The second-order valence-electron chi connectivity index (χ2n) is 5.25. The minimum absolute atomic E-state index is 0.619. The highest BCUT2D eigenvalue weighted by atomic mass is 16.5. The third-order valence-electron chi connectivity index (χ3n) is 3.77. The van der Waals surface area contributed by atoms with E-state index in [-0.39, 0.29) is 0 Å². The number of methoxy groups -OCH3 is 1. The molecule has 2 aromatic carbocycles. The molecule has 5 heteroatoms. The number of nitrogens with one attached hydrogen (secondary N) is 1. The van der Waals surface area contributed by atoms with E-state index in [9.17, 15) is 0 Å². The van der Waals surface area contributed by atoms with Crippen LogP contribution in [0.5, 0.6) is 11.5 Å². The van der Waals surface area contributed by atoms with E-state index in [2.05, 4.69) is 20.9 Å². The molecule has 0 aliphatic rings. The molecule has 1 N–H and O–H groups in total. The summed E-state index contributed by atoms with van der Waals surface area (Å²) < 4.78 is 13.0. The summed E-state index contributed by atoms with van der Waals surface area (Å²) >= 11 is 0. The predicted molar refractivity (Wildman–Crippen MR) is 92.2 cm³/mol. The van der Waals surface area contributed by atoms with Gasteiger partial charge in [0.25, 0.3) is 0 Å². The standard InChI is InChI=1S/C18H21N3O2/c1-4-23-16-10-9-13(11-17(16)22-3)12-19-18-20-14-7-5-6-8-15(14)21(18)2/h5-11H,4,12H2,1-3H3,(H,19,20). The van der Waals surface area contributed by atoms with Crippen LogP contribution in [0, 0.1) is 0 Å². The van der Waals surface area contributed by atoms with E-state index < -0.39 is 0 Å². The summed E-state index contributed by atoms with van der Waals surface area (Å²) in [6, 6.07) is 14.0. The predicted octanol–water partition coefficient (Wildman–Crippen LogP) is 3.59. The Balaban J connectivity index is 1.78. The molecule has 0 fully saturated rings. The SMILES string of the molecule is CCOc1ccc(CNc2nc3ccccc3n2C)cc1OC. The maximum absolute atomic E-state index is 5.54. The first-order chi connectivity index (χ1) is 11.2. The van der Waals surface area contributed by atoms with Gasteiger partial charge in [-0.1, -0.05) is 18.2 Å². The molecule has 0 spiro atoms. The summed E-state index contributed by atoms with van der Waals surface area (Å²) in [7, 11) is 3.66. The highest BCUT2D eigenvalue weighted by molar-refractivity contribution is 5.78. The zero-order chi connectivity index (χ0) is 16.2. The molecule has 0 bridgehead atoms. The molecule has 3 rings (SSSR count). The lowest BCUT2D eigenvalue weighted by atomic mass is 10.2. The number of nitrogens with zero attached hydrogens (tertiary/aromatic N) is 2. The molecule has 1 aromatic heterocycles. The third-order valence-corrected chi connectivity index (χ3v) is 3.77. The number of para-hydroxylation sites is 2. The average Bonchev–Trinajstić information content (AvgIpc) is 2.90. The molecule has 0 aliphatic carbocycles. The number of ether oxygens (including phenoxy) is 2. The monoisotopic (exact) mass is 311 g/mol. The molecule has 23 heavy (non-hydrogen) atoms. The van der Waals surface area contributed by atoms with Gasteiger partial charge in [-0.25, -0.2) is 4.98 Å². The summed E-state index contributed by atoms with van der Waals surface area (Å²) in [5.74, 6) is 2.36. The van der Waals surface area contributed by atoms with Crippen molar-refractivity contribution in [1.29, 1.82) is 0 Å². The fraction of sp³-hybridized carbons (Fsp3) is 0.278. The van der Waals surface area contributed by atoms with Crippen LogP contribution in [-0.4, -0.2) is 23.3 Å². The van der Waals surface area contributed by atoms with Gasteiger partial charge in [-0.15, -0.1) is 0 Å². The van der Waals surface area contributed by atoms with Crippen LogP contribution < -0.4 is 14.8 Å². The smallest absolute Gasteiger partial charge is 0.203 e. The fourth-order valence-corrected chi connectivity index (χ4v) is 2.58. The zero-order valence-corrected chi connectivity index (χ0v) is 13.7. The number of anilines is 1. The Morgan fingerprint density at radius 1 is 1.13 bits per heavy atom. The maximum atomic E-state index is 5.54. The van der Waals surface area contributed by atoms with Crippen molar-refractivity contribution in [2.45, 2.75) is 13.5 Å². The highest BCUT2D eigenvalue weighted by Gasteiger charge is 2.08. The number of benzene rings is 2. The van der Waals surface area contributed by atoms with Gasteiger partial charge in [-0.2, -0.15) is 0 Å². The quantitative estimate of drug-likeness (QED) is 0.756. The number of hydrogen-bond donors (Lipinski definition) is 1. The van der Waals surface area contributed by atoms with E-state index in [0.29, 0.717) is 13.2 Å². The van der Waals surface area contributed by atoms with Crippen LogP contribution in [-0.2, 0) is 13.6 Å². The molecule has 0 saturated heterocycles. The van der Waals surface area contributed by atoms with E-state index in [1.807, 2.05) is 50.4 Å². The first-order valence-corrected chi connectivity index (χ1v) is 7.68. The van der Waals surface area contributed by atoms with E-state index in [1.165, 1.54) is 0 Å². The van der Waals surface area contributed by atoms with Crippen LogP contribution in [0.1, 0.15) is 12.5 Å². The molecular weight excluding hydrogens is 290 g/mol. The summed E-state index contributed by atoms with van der Waals surface area (Å²) in [4.78, 5) is 4.61. The molecule has 5 nitrogen and oxygen atoms in total. The van der Waals surface area contributed by atoms with E-state index >= 15 is 0 Å². The molecular formula is C18H21N3O2. The largest absolute Gasteiger partial charge is 0.493 e. The summed E-state index contributed by atoms with van der Waals surface area (Å²) in [6.07, 6.45) is 0. The van der Waals surface area contributed by atoms with Crippen molar-refractivity contribution >= 4 is 17.0 Å². The lowest BCUT2D eigenvalue weighted by Gasteiger charge is -2.12. The first-order valence-electron chi connectivity index (χ1n) is 7.68. The van der Waals surface area contributed by atoms with Crippen molar-refractivity contribution < 1.29 is 9.47 Å². The Kier molecular flexibility index (Phi) is 4.37. The maximum Gasteiger partial charge on any atom is 0.203 e. The van der Waals surface area contributed by atoms with Gasteiger partial charge >= 0.3 is 0 Å². The Morgan fingerprint density at radius 2 is 1.96 bits per heavy atom. The Morgan fingerprint density at radius 3 is 2.70 bits per heavy atom. The van der Waals surface area contributed by atoms with Gasteiger partial charge in [-0.3, -0.25) is 0 Å². The van der Waals surface area contributed by atoms with Gasteiger partial charge in [0.15, 0.2) is 11.5 Å². The topological polar surface area (TPSA) is 48.3 Å². The number of aryl methyl sites for hydroxylation is 1. The highest BCUT2D eigenvalue weighted by Crippen LogP contribution is 2.28. The lowest BCUT2D eigenvalue weighted by molar-refractivity contribution is 0.310. The number of imidazole rings is 1. The van der Waals surface area contributed by atoms with Crippen molar-refractivity contribution in [3.05, 3.63) is 48.0 Å². The second-order valence-corrected chi connectivity index (χ2v) is 5.25. The molecule has 0 saturated carbocycles. The van der Waals surface area contributed by atoms with E-state index in [0.717, 1.165) is 34.0 Å². The second kappa shape index (κ2) is 6.60. The van der Waals surface area contributed by atoms with Crippen LogP contribution in [0.3, 0.4) is 0 Å². The summed E-state index contributed by atoms with van der Waals surface area (Å²) in [5.41, 5.74) is 3.21. The van der Waals surface area contributed by atoms with Crippen LogP contribution in [0.2, 0.25) is 0 Å². The molecule has 3 aromatic rings. The lowest BCUT2D eigenvalue weighted by Crippen LogP contribution is -2.05. The number of rotatable bonds is 6. The van der Waals surface area contributed by atoms with Crippen molar-refractivity contribution in [1.82, 2.24) is 9.55 Å². The Bertz CT molecular complexity index is 811. The average molecular weight is 311 g/mol. The molecule has 0 aliphatic heterocycles. The first kappa shape index (κ1) is 15.2. The third kappa shape index (κ3) is 3.08. The van der Waals surface area contributed by atoms with Crippen LogP contribution >= 0.6 is 0 Å². The van der Waals surface area contributed by atoms with Crippen LogP contribution in [0.4, 0.5) is 5.95 Å². The normalized spacial score (nSPS) is 10.7. The molecule has 120 valence electrons. The van der Waals surface area contributed by atoms with Gasteiger partial charge in [0.1, 0.15) is 0 Å². The minimum atomic E-state index is 0.619. The van der Waals surface area contributed by atoms with Crippen LogP contribution in [0.15, 0.2) is 42.5 Å². The number of fused-ring (bicyclic) bond motifs is 1. The van der Waals surface area contributed by atoms with Gasteiger partial charge < -0.3 is 19.4 Å².